The van der Waals surface area contributed by atoms with Crippen molar-refractivity contribution >= 4 is 11.9 Å². The quantitative estimate of drug-likeness (QED) is 0.311. The van der Waals surface area contributed by atoms with Gasteiger partial charge in [0.25, 0.3) is 0 Å². The summed E-state index contributed by atoms with van der Waals surface area (Å²) in [7, 11) is 0. The first-order valence-corrected chi connectivity index (χ1v) is 8.23. The molecule has 5 heteroatoms. The number of rotatable bonds is 8. The highest BCUT2D eigenvalue weighted by molar-refractivity contribution is 5.81. The maximum atomic E-state index is 11.8. The number of nitrogens with zero attached hydrogens (tertiary/aromatic N) is 1. The zero-order chi connectivity index (χ0) is 18.8. The number of nitriles is 1. The Morgan fingerprint density at radius 1 is 1.00 bits per heavy atom. The summed E-state index contributed by atoms with van der Waals surface area (Å²) < 4.78 is 10.1. The zero-order valence-corrected chi connectivity index (χ0v) is 14.3. The Labute approximate surface area is 152 Å². The largest absolute Gasteiger partial charge is 0.463 e. The first-order chi connectivity index (χ1) is 12.6. The van der Waals surface area contributed by atoms with Gasteiger partial charge in [-0.25, -0.2) is 4.79 Å². The van der Waals surface area contributed by atoms with Crippen LogP contribution in [0.25, 0.3) is 11.1 Å². The molecule has 0 aliphatic heterocycles. The summed E-state index contributed by atoms with van der Waals surface area (Å²) in [6.45, 7) is 3.57. The highest BCUT2D eigenvalue weighted by atomic mass is 16.5. The predicted molar refractivity (Wildman–Crippen MR) is 97.2 cm³/mol. The molecule has 0 fully saturated rings. The van der Waals surface area contributed by atoms with E-state index in [1.54, 1.807) is 24.3 Å². The van der Waals surface area contributed by atoms with Crippen molar-refractivity contribution in [1.82, 2.24) is 0 Å². The third-order valence-corrected chi connectivity index (χ3v) is 3.62. The van der Waals surface area contributed by atoms with Crippen molar-refractivity contribution < 1.29 is 19.1 Å². The second-order valence-corrected chi connectivity index (χ2v) is 5.52. The van der Waals surface area contributed by atoms with Gasteiger partial charge in [-0.2, -0.15) is 5.26 Å². The molecule has 0 unspecified atom stereocenters. The fraction of sp³-hybridized carbons (Fsp3) is 0.190. The number of hydrogen-bond donors (Lipinski definition) is 0. The summed E-state index contributed by atoms with van der Waals surface area (Å²) in [4.78, 5) is 22.7. The SMILES string of the molecule is C=CC(=O)OCCCCC(=O)Oc1ccc(-c2ccc(C#N)cc2)cc1. The Bertz CT molecular complexity index is 801. The molecule has 2 aromatic rings. The van der Waals surface area contributed by atoms with Crippen molar-refractivity contribution in [1.29, 1.82) is 5.26 Å². The minimum absolute atomic E-state index is 0.253. The van der Waals surface area contributed by atoms with E-state index in [0.717, 1.165) is 17.2 Å². The molecule has 0 bridgehead atoms. The molecule has 0 amide bonds. The summed E-state index contributed by atoms with van der Waals surface area (Å²) >= 11 is 0. The van der Waals surface area contributed by atoms with Crippen LogP contribution in [0.1, 0.15) is 24.8 Å². The van der Waals surface area contributed by atoms with Gasteiger partial charge in [-0.3, -0.25) is 4.79 Å². The van der Waals surface area contributed by atoms with E-state index in [1.807, 2.05) is 24.3 Å². The minimum Gasteiger partial charge on any atom is -0.463 e. The van der Waals surface area contributed by atoms with Crippen molar-refractivity contribution in [3.05, 3.63) is 66.7 Å². The molecule has 0 saturated carbocycles. The zero-order valence-electron chi connectivity index (χ0n) is 14.3. The van der Waals surface area contributed by atoms with Crippen molar-refractivity contribution in [2.24, 2.45) is 0 Å². The van der Waals surface area contributed by atoms with Crippen molar-refractivity contribution in [3.8, 4) is 22.9 Å². The van der Waals surface area contributed by atoms with E-state index in [-0.39, 0.29) is 19.0 Å². The topological polar surface area (TPSA) is 76.4 Å². The lowest BCUT2D eigenvalue weighted by Gasteiger charge is -2.06. The summed E-state index contributed by atoms with van der Waals surface area (Å²) in [6.07, 6.45) is 2.53. The fourth-order valence-corrected chi connectivity index (χ4v) is 2.24. The molecule has 0 spiro atoms. The van der Waals surface area contributed by atoms with Crippen LogP contribution in [0.4, 0.5) is 0 Å². The molecular formula is C21H19NO4. The van der Waals surface area contributed by atoms with Crippen LogP contribution in [0.3, 0.4) is 0 Å². The molecule has 5 nitrogen and oxygen atoms in total. The molecule has 0 aromatic heterocycles. The minimum atomic E-state index is -0.463. The van der Waals surface area contributed by atoms with Gasteiger partial charge in [0, 0.05) is 12.5 Å². The lowest BCUT2D eigenvalue weighted by atomic mass is 10.0. The third kappa shape index (κ3) is 5.91. The fourth-order valence-electron chi connectivity index (χ4n) is 2.24. The van der Waals surface area contributed by atoms with E-state index in [2.05, 4.69) is 12.6 Å². The number of carbonyl (C=O) groups excluding carboxylic acids is 2. The molecule has 2 rings (SSSR count). The van der Waals surface area contributed by atoms with E-state index in [0.29, 0.717) is 24.2 Å². The van der Waals surface area contributed by atoms with E-state index in [4.69, 9.17) is 14.7 Å². The second-order valence-electron chi connectivity index (χ2n) is 5.52. The van der Waals surface area contributed by atoms with Gasteiger partial charge in [-0.1, -0.05) is 30.8 Å². The summed E-state index contributed by atoms with van der Waals surface area (Å²) in [5.41, 5.74) is 2.56. The average molecular weight is 349 g/mol. The molecule has 0 atom stereocenters. The summed E-state index contributed by atoms with van der Waals surface area (Å²) in [5, 5.41) is 8.82. The van der Waals surface area contributed by atoms with Crippen molar-refractivity contribution in [3.63, 3.8) is 0 Å². The van der Waals surface area contributed by atoms with Crippen LogP contribution in [0.5, 0.6) is 5.75 Å². The normalized spacial score (nSPS) is 9.81. The van der Waals surface area contributed by atoms with Gasteiger partial charge < -0.3 is 9.47 Å². The number of unbranched alkanes of at least 4 members (excludes halogenated alkanes) is 1. The summed E-state index contributed by atoms with van der Waals surface area (Å²) in [6, 6.07) is 16.5. The third-order valence-electron chi connectivity index (χ3n) is 3.62. The monoisotopic (exact) mass is 349 g/mol. The van der Waals surface area contributed by atoms with Gasteiger partial charge >= 0.3 is 11.9 Å². The molecule has 0 saturated heterocycles. The molecule has 2 aromatic carbocycles. The average Bonchev–Trinajstić information content (AvgIpc) is 2.68. The molecule has 0 N–H and O–H groups in total. The molecule has 0 aliphatic carbocycles. The van der Waals surface area contributed by atoms with Crippen LogP contribution in [-0.4, -0.2) is 18.5 Å². The Morgan fingerprint density at radius 2 is 1.62 bits per heavy atom. The Hall–Kier alpha value is -3.39. The van der Waals surface area contributed by atoms with Gasteiger partial charge in [0.2, 0.25) is 0 Å². The second kappa shape index (κ2) is 9.80. The number of hydrogen-bond acceptors (Lipinski definition) is 5. The van der Waals surface area contributed by atoms with Gasteiger partial charge in [0.15, 0.2) is 0 Å². The van der Waals surface area contributed by atoms with Crippen molar-refractivity contribution in [2.75, 3.05) is 6.61 Å². The smallest absolute Gasteiger partial charge is 0.330 e. The van der Waals surface area contributed by atoms with Gasteiger partial charge in [-0.15, -0.1) is 0 Å². The Morgan fingerprint density at radius 3 is 2.19 bits per heavy atom. The highest BCUT2D eigenvalue weighted by Gasteiger charge is 2.06. The van der Waals surface area contributed by atoms with Crippen LogP contribution in [0, 0.1) is 11.3 Å². The van der Waals surface area contributed by atoms with Crippen LogP contribution < -0.4 is 4.74 Å². The lowest BCUT2D eigenvalue weighted by molar-refractivity contribution is -0.137. The Balaban J connectivity index is 1.79. The first kappa shape index (κ1) is 18.9. The van der Waals surface area contributed by atoms with Crippen LogP contribution in [0.2, 0.25) is 0 Å². The molecule has 132 valence electrons. The molecule has 0 heterocycles. The van der Waals surface area contributed by atoms with Crippen LogP contribution in [-0.2, 0) is 14.3 Å². The molecule has 0 radical (unpaired) electrons. The van der Waals surface area contributed by atoms with E-state index in [1.165, 1.54) is 0 Å². The van der Waals surface area contributed by atoms with Gasteiger partial charge in [0.1, 0.15) is 5.75 Å². The van der Waals surface area contributed by atoms with Crippen molar-refractivity contribution in [2.45, 2.75) is 19.3 Å². The van der Waals surface area contributed by atoms with Crippen LogP contribution in [0.15, 0.2) is 61.2 Å². The number of ether oxygens (including phenoxy) is 2. The van der Waals surface area contributed by atoms with Gasteiger partial charge in [-0.05, 0) is 48.2 Å². The predicted octanol–water partition coefficient (Wildman–Crippen LogP) is 4.03. The molecule has 26 heavy (non-hydrogen) atoms. The maximum absolute atomic E-state index is 11.8. The number of esters is 2. The van der Waals surface area contributed by atoms with E-state index >= 15 is 0 Å². The summed E-state index contributed by atoms with van der Waals surface area (Å²) in [5.74, 6) is -0.313. The highest BCUT2D eigenvalue weighted by Crippen LogP contribution is 2.23. The van der Waals surface area contributed by atoms with E-state index in [9.17, 15) is 9.59 Å². The standard InChI is InChI=1S/C21H19NO4/c1-2-20(23)25-14-4-3-5-21(24)26-19-12-10-18(11-13-19)17-8-6-16(15-22)7-9-17/h2,6-13H,1,3-5,14H2. The van der Waals surface area contributed by atoms with E-state index < -0.39 is 5.97 Å². The first-order valence-electron chi connectivity index (χ1n) is 8.23. The number of benzene rings is 2. The van der Waals surface area contributed by atoms with Crippen LogP contribution >= 0.6 is 0 Å². The lowest BCUT2D eigenvalue weighted by Crippen LogP contribution is -2.08. The molecular weight excluding hydrogens is 330 g/mol. The Kier molecular flexibility index (Phi) is 7.14. The maximum Gasteiger partial charge on any atom is 0.330 e. The molecule has 0 aliphatic rings. The van der Waals surface area contributed by atoms with Gasteiger partial charge in [0.05, 0.1) is 18.2 Å². The number of carbonyl (C=O) groups is 2.